The average molecular weight is 220 g/mol. The number of anilines is 1. The zero-order valence-corrected chi connectivity index (χ0v) is 9.36. The summed E-state index contributed by atoms with van der Waals surface area (Å²) in [7, 11) is 0. The number of aromatic nitrogens is 1. The van der Waals surface area contributed by atoms with Gasteiger partial charge in [0, 0.05) is 24.1 Å². The normalized spacial score (nSPS) is 17.6. The molecule has 2 N–H and O–H groups in total. The van der Waals surface area contributed by atoms with Gasteiger partial charge in [0.1, 0.15) is 0 Å². The molecule has 0 atom stereocenters. The van der Waals surface area contributed by atoms with Crippen molar-refractivity contribution in [3.05, 3.63) is 24.0 Å². The first-order chi connectivity index (χ1) is 7.62. The van der Waals surface area contributed by atoms with Gasteiger partial charge in [0.05, 0.1) is 5.41 Å². The first-order valence-electron chi connectivity index (χ1n) is 5.52. The number of pyridine rings is 1. The van der Waals surface area contributed by atoms with E-state index in [2.05, 4.69) is 10.3 Å². The minimum atomic E-state index is -0.683. The third-order valence-electron chi connectivity index (χ3n) is 3.29. The Morgan fingerprint density at radius 2 is 2.38 bits per heavy atom. The molecule has 4 heteroatoms. The number of rotatable bonds is 4. The van der Waals surface area contributed by atoms with Crippen LogP contribution in [0.15, 0.2) is 18.3 Å². The third kappa shape index (κ3) is 2.01. The van der Waals surface area contributed by atoms with Gasteiger partial charge >= 0.3 is 5.97 Å². The maximum atomic E-state index is 11.1. The van der Waals surface area contributed by atoms with Crippen LogP contribution in [-0.2, 0) is 4.79 Å². The zero-order valence-electron chi connectivity index (χ0n) is 9.36. The van der Waals surface area contributed by atoms with Gasteiger partial charge in [-0.15, -0.1) is 0 Å². The lowest BCUT2D eigenvalue weighted by molar-refractivity contribution is -0.153. The van der Waals surface area contributed by atoms with Gasteiger partial charge in [0.2, 0.25) is 0 Å². The highest BCUT2D eigenvalue weighted by Crippen LogP contribution is 2.41. The monoisotopic (exact) mass is 220 g/mol. The molecule has 0 aromatic carbocycles. The van der Waals surface area contributed by atoms with Crippen molar-refractivity contribution in [2.75, 3.05) is 11.9 Å². The Balaban J connectivity index is 1.99. The van der Waals surface area contributed by atoms with Crippen molar-refractivity contribution in [1.29, 1.82) is 0 Å². The van der Waals surface area contributed by atoms with E-state index in [-0.39, 0.29) is 0 Å². The Labute approximate surface area is 94.7 Å². The highest BCUT2D eigenvalue weighted by molar-refractivity contribution is 5.76. The average Bonchev–Trinajstić information content (AvgIpc) is 2.15. The van der Waals surface area contributed by atoms with Crippen LogP contribution < -0.4 is 5.32 Å². The predicted octanol–water partition coefficient (Wildman–Crippen LogP) is 2.06. The Kier molecular flexibility index (Phi) is 2.81. The van der Waals surface area contributed by atoms with Gasteiger partial charge in [-0.2, -0.15) is 0 Å². The molecule has 0 amide bonds. The quantitative estimate of drug-likeness (QED) is 0.815. The van der Waals surface area contributed by atoms with Crippen molar-refractivity contribution in [1.82, 2.24) is 4.98 Å². The van der Waals surface area contributed by atoms with Gasteiger partial charge < -0.3 is 10.4 Å². The number of nitrogens with one attached hydrogen (secondary N) is 1. The molecule has 2 rings (SSSR count). The molecule has 86 valence electrons. The molecule has 1 aliphatic carbocycles. The second kappa shape index (κ2) is 4.12. The molecule has 0 unspecified atom stereocenters. The van der Waals surface area contributed by atoms with Crippen molar-refractivity contribution in [3.63, 3.8) is 0 Å². The van der Waals surface area contributed by atoms with E-state index in [0.29, 0.717) is 6.54 Å². The topological polar surface area (TPSA) is 62.2 Å². The number of carboxylic acid groups (broad SMARTS) is 1. The fraction of sp³-hybridized carbons (Fsp3) is 0.500. The maximum Gasteiger partial charge on any atom is 0.311 e. The number of hydrogen-bond donors (Lipinski definition) is 2. The second-order valence-electron chi connectivity index (χ2n) is 4.48. The van der Waals surface area contributed by atoms with E-state index >= 15 is 0 Å². The third-order valence-corrected chi connectivity index (χ3v) is 3.29. The molecule has 0 saturated heterocycles. The fourth-order valence-electron chi connectivity index (χ4n) is 2.00. The molecule has 16 heavy (non-hydrogen) atoms. The molecular weight excluding hydrogens is 204 g/mol. The predicted molar refractivity (Wildman–Crippen MR) is 61.4 cm³/mol. The smallest absolute Gasteiger partial charge is 0.311 e. The summed E-state index contributed by atoms with van der Waals surface area (Å²) in [5.41, 5.74) is 1.33. The van der Waals surface area contributed by atoms with E-state index in [1.54, 1.807) is 6.20 Å². The summed E-state index contributed by atoms with van der Waals surface area (Å²) >= 11 is 0. The standard InChI is InChI=1S/C12H16N2O2/c1-9-7-10(3-6-13-9)14-8-12(11(15)16)4-2-5-12/h3,6-7H,2,4-5,8H2,1H3,(H,13,14)(H,15,16). The lowest BCUT2D eigenvalue weighted by Gasteiger charge is -2.37. The van der Waals surface area contributed by atoms with E-state index in [1.807, 2.05) is 19.1 Å². The lowest BCUT2D eigenvalue weighted by atomic mass is 9.69. The summed E-state index contributed by atoms with van der Waals surface area (Å²) in [6, 6.07) is 3.79. The largest absolute Gasteiger partial charge is 0.481 e. The highest BCUT2D eigenvalue weighted by atomic mass is 16.4. The van der Waals surface area contributed by atoms with Crippen LogP contribution in [0.5, 0.6) is 0 Å². The first kappa shape index (κ1) is 10.9. The molecule has 1 saturated carbocycles. The lowest BCUT2D eigenvalue weighted by Crippen LogP contribution is -2.43. The molecule has 1 aromatic rings. The van der Waals surface area contributed by atoms with Crippen molar-refractivity contribution >= 4 is 11.7 Å². The van der Waals surface area contributed by atoms with Crippen LogP contribution in [0.1, 0.15) is 25.0 Å². The van der Waals surface area contributed by atoms with E-state index in [1.165, 1.54) is 0 Å². The number of carbonyl (C=O) groups is 1. The van der Waals surface area contributed by atoms with Crippen LogP contribution in [0, 0.1) is 12.3 Å². The second-order valence-corrected chi connectivity index (χ2v) is 4.48. The van der Waals surface area contributed by atoms with Crippen LogP contribution in [0.3, 0.4) is 0 Å². The van der Waals surface area contributed by atoms with Gasteiger partial charge in [0.25, 0.3) is 0 Å². The first-order valence-corrected chi connectivity index (χ1v) is 5.52. The maximum absolute atomic E-state index is 11.1. The molecule has 1 aromatic heterocycles. The Hall–Kier alpha value is -1.58. The van der Waals surface area contributed by atoms with Gasteiger partial charge in [-0.3, -0.25) is 9.78 Å². The summed E-state index contributed by atoms with van der Waals surface area (Å²) < 4.78 is 0. The van der Waals surface area contributed by atoms with E-state index in [0.717, 1.165) is 30.6 Å². The Morgan fingerprint density at radius 1 is 1.62 bits per heavy atom. The molecule has 0 spiro atoms. The molecule has 1 heterocycles. The van der Waals surface area contributed by atoms with Crippen LogP contribution in [0.25, 0.3) is 0 Å². The van der Waals surface area contributed by atoms with Crippen LogP contribution in [-0.4, -0.2) is 22.6 Å². The van der Waals surface area contributed by atoms with E-state index in [4.69, 9.17) is 5.11 Å². The fourth-order valence-corrected chi connectivity index (χ4v) is 2.00. The van der Waals surface area contributed by atoms with Gasteiger partial charge in [-0.05, 0) is 31.9 Å². The number of aliphatic carboxylic acids is 1. The summed E-state index contributed by atoms with van der Waals surface area (Å²) in [5.74, 6) is -0.683. The van der Waals surface area contributed by atoms with Crippen LogP contribution in [0.2, 0.25) is 0 Å². The Morgan fingerprint density at radius 3 is 2.88 bits per heavy atom. The molecule has 4 nitrogen and oxygen atoms in total. The van der Waals surface area contributed by atoms with Crippen molar-refractivity contribution < 1.29 is 9.90 Å². The molecule has 0 aliphatic heterocycles. The Bertz CT molecular complexity index is 400. The van der Waals surface area contributed by atoms with Crippen LogP contribution >= 0.6 is 0 Å². The van der Waals surface area contributed by atoms with Gasteiger partial charge in [-0.1, -0.05) is 6.42 Å². The van der Waals surface area contributed by atoms with Gasteiger partial charge in [-0.25, -0.2) is 0 Å². The highest BCUT2D eigenvalue weighted by Gasteiger charge is 2.44. The van der Waals surface area contributed by atoms with Crippen LogP contribution in [0.4, 0.5) is 5.69 Å². The van der Waals surface area contributed by atoms with Crippen molar-refractivity contribution in [2.45, 2.75) is 26.2 Å². The number of aryl methyl sites for hydroxylation is 1. The molecular formula is C12H16N2O2. The van der Waals surface area contributed by atoms with Crippen molar-refractivity contribution in [2.24, 2.45) is 5.41 Å². The number of hydrogen-bond acceptors (Lipinski definition) is 3. The summed E-state index contributed by atoms with van der Waals surface area (Å²) in [6.07, 6.45) is 4.30. The minimum absolute atomic E-state index is 0.506. The summed E-state index contributed by atoms with van der Waals surface area (Å²) in [6.45, 7) is 2.42. The minimum Gasteiger partial charge on any atom is -0.481 e. The molecule has 1 aliphatic rings. The zero-order chi connectivity index (χ0) is 11.6. The molecule has 1 fully saturated rings. The SMILES string of the molecule is Cc1cc(NCC2(C(=O)O)CCC2)ccn1. The van der Waals surface area contributed by atoms with E-state index in [9.17, 15) is 4.79 Å². The number of nitrogens with zero attached hydrogens (tertiary/aromatic N) is 1. The van der Waals surface area contributed by atoms with Crippen molar-refractivity contribution in [3.8, 4) is 0 Å². The molecule has 0 bridgehead atoms. The number of carboxylic acids is 1. The molecule has 0 radical (unpaired) electrons. The van der Waals surface area contributed by atoms with E-state index < -0.39 is 11.4 Å². The van der Waals surface area contributed by atoms with Gasteiger partial charge in [0.15, 0.2) is 0 Å². The summed E-state index contributed by atoms with van der Waals surface area (Å²) in [4.78, 5) is 15.2. The summed E-state index contributed by atoms with van der Waals surface area (Å²) in [5, 5.41) is 12.4.